The van der Waals surface area contributed by atoms with Gasteiger partial charge in [0.25, 0.3) is 0 Å². The Bertz CT molecular complexity index is 907. The highest BCUT2D eigenvalue weighted by atomic mass is 19.3. The number of anilines is 2. The molecular formula is C14H14F3N7O2. The molecule has 3 aromatic heterocycles. The highest BCUT2D eigenvalue weighted by molar-refractivity contribution is 5.72. The van der Waals surface area contributed by atoms with Crippen LogP contribution in [-0.2, 0) is 11.3 Å². The standard InChI is InChI=1S/C14H14F3N7O2/c15-13(16)26-11-3-9(22-23-11)20-10-5-18-8-4-19-24(12(8)21-10)6-14(17)1-2-25-7-14/h3-5,13H,1-2,6-7H2,(H2,20,21,22,23)/t14-/m0/s1. The van der Waals surface area contributed by atoms with Gasteiger partial charge in [0.05, 0.1) is 25.5 Å². The number of hydrogen-bond donors (Lipinski definition) is 2. The third-order valence-corrected chi connectivity index (χ3v) is 3.86. The molecule has 1 saturated heterocycles. The molecule has 12 heteroatoms. The average molecular weight is 369 g/mol. The zero-order valence-electron chi connectivity index (χ0n) is 13.3. The first-order valence-electron chi connectivity index (χ1n) is 7.73. The summed E-state index contributed by atoms with van der Waals surface area (Å²) in [5, 5.41) is 13.0. The highest BCUT2D eigenvalue weighted by Gasteiger charge is 2.36. The fourth-order valence-electron chi connectivity index (χ4n) is 2.66. The second-order valence-electron chi connectivity index (χ2n) is 5.84. The first-order valence-corrected chi connectivity index (χ1v) is 7.73. The molecule has 0 spiro atoms. The average Bonchev–Trinajstić information content (AvgIpc) is 3.30. The van der Waals surface area contributed by atoms with Crippen LogP contribution in [0.4, 0.5) is 24.8 Å². The monoisotopic (exact) mass is 369 g/mol. The van der Waals surface area contributed by atoms with E-state index in [1.807, 2.05) is 0 Å². The van der Waals surface area contributed by atoms with Crippen molar-refractivity contribution in [3.05, 3.63) is 18.5 Å². The van der Waals surface area contributed by atoms with E-state index in [0.717, 1.165) is 0 Å². The predicted molar refractivity (Wildman–Crippen MR) is 83.1 cm³/mol. The molecule has 0 unspecified atom stereocenters. The number of aromatic amines is 1. The van der Waals surface area contributed by atoms with E-state index in [1.165, 1.54) is 23.1 Å². The van der Waals surface area contributed by atoms with Gasteiger partial charge in [-0.05, 0) is 0 Å². The van der Waals surface area contributed by atoms with E-state index in [0.29, 0.717) is 30.0 Å². The van der Waals surface area contributed by atoms with Crippen molar-refractivity contribution in [3.63, 3.8) is 0 Å². The molecule has 3 aromatic rings. The van der Waals surface area contributed by atoms with Gasteiger partial charge in [0, 0.05) is 19.1 Å². The summed E-state index contributed by atoms with van der Waals surface area (Å²) in [6.45, 7) is -2.57. The molecule has 4 rings (SSSR count). The van der Waals surface area contributed by atoms with Crippen LogP contribution in [0.15, 0.2) is 18.5 Å². The normalized spacial score (nSPS) is 20.2. The van der Waals surface area contributed by atoms with Gasteiger partial charge in [-0.25, -0.2) is 24.1 Å². The number of ether oxygens (including phenoxy) is 2. The number of nitrogens with zero attached hydrogens (tertiary/aromatic N) is 5. The lowest BCUT2D eigenvalue weighted by Gasteiger charge is -2.17. The van der Waals surface area contributed by atoms with Crippen LogP contribution in [0.25, 0.3) is 11.2 Å². The van der Waals surface area contributed by atoms with Crippen LogP contribution in [0.3, 0.4) is 0 Å². The molecule has 0 saturated carbocycles. The van der Waals surface area contributed by atoms with Gasteiger partial charge in [-0.3, -0.25) is 0 Å². The maximum Gasteiger partial charge on any atom is 0.388 e. The van der Waals surface area contributed by atoms with Crippen LogP contribution < -0.4 is 10.1 Å². The summed E-state index contributed by atoms with van der Waals surface area (Å²) in [7, 11) is 0. The Hall–Kier alpha value is -2.89. The molecule has 0 bridgehead atoms. The quantitative estimate of drug-likeness (QED) is 0.685. The van der Waals surface area contributed by atoms with Gasteiger partial charge >= 0.3 is 6.61 Å². The van der Waals surface area contributed by atoms with Gasteiger partial charge in [0.2, 0.25) is 5.88 Å². The van der Waals surface area contributed by atoms with Crippen molar-refractivity contribution in [1.82, 2.24) is 29.9 Å². The number of nitrogens with one attached hydrogen (secondary N) is 2. The van der Waals surface area contributed by atoms with Crippen molar-refractivity contribution in [2.24, 2.45) is 0 Å². The van der Waals surface area contributed by atoms with Crippen molar-refractivity contribution >= 4 is 22.8 Å². The number of alkyl halides is 3. The summed E-state index contributed by atoms with van der Waals surface area (Å²) in [6, 6.07) is 1.25. The smallest absolute Gasteiger partial charge is 0.388 e. The molecule has 1 aliphatic heterocycles. The van der Waals surface area contributed by atoms with Crippen molar-refractivity contribution in [3.8, 4) is 5.88 Å². The molecule has 0 aromatic carbocycles. The van der Waals surface area contributed by atoms with Crippen molar-refractivity contribution in [2.45, 2.75) is 25.2 Å². The Balaban J connectivity index is 1.55. The molecule has 1 fully saturated rings. The molecule has 2 N–H and O–H groups in total. The van der Waals surface area contributed by atoms with Crippen LogP contribution in [-0.4, -0.2) is 55.4 Å². The molecule has 1 atom stereocenters. The molecule has 4 heterocycles. The molecule has 0 aliphatic carbocycles. The summed E-state index contributed by atoms with van der Waals surface area (Å²) >= 11 is 0. The van der Waals surface area contributed by atoms with Crippen molar-refractivity contribution in [2.75, 3.05) is 18.5 Å². The zero-order chi connectivity index (χ0) is 18.1. The molecular weight excluding hydrogens is 355 g/mol. The van der Waals surface area contributed by atoms with Gasteiger partial charge < -0.3 is 14.8 Å². The van der Waals surface area contributed by atoms with Gasteiger partial charge in [-0.2, -0.15) is 19.0 Å². The third-order valence-electron chi connectivity index (χ3n) is 3.86. The van der Waals surface area contributed by atoms with Crippen LogP contribution in [0.1, 0.15) is 6.42 Å². The summed E-state index contributed by atoms with van der Waals surface area (Å²) in [4.78, 5) is 8.55. The Morgan fingerprint density at radius 2 is 2.27 bits per heavy atom. The molecule has 138 valence electrons. The molecule has 0 radical (unpaired) electrons. The van der Waals surface area contributed by atoms with Gasteiger partial charge in [-0.15, -0.1) is 0 Å². The lowest BCUT2D eigenvalue weighted by Crippen LogP contribution is -2.30. The first-order chi connectivity index (χ1) is 12.5. The second-order valence-corrected chi connectivity index (χ2v) is 5.84. The largest absolute Gasteiger partial charge is 0.417 e. The van der Waals surface area contributed by atoms with E-state index in [4.69, 9.17) is 4.74 Å². The van der Waals surface area contributed by atoms with Crippen molar-refractivity contribution < 1.29 is 22.6 Å². The number of hydrogen-bond acceptors (Lipinski definition) is 7. The van der Waals surface area contributed by atoms with E-state index >= 15 is 0 Å². The van der Waals surface area contributed by atoms with E-state index in [1.54, 1.807) is 0 Å². The summed E-state index contributed by atoms with van der Waals surface area (Å²) < 4.78 is 49.7. The molecule has 26 heavy (non-hydrogen) atoms. The van der Waals surface area contributed by atoms with Crippen LogP contribution in [0.2, 0.25) is 0 Å². The maximum atomic E-state index is 14.6. The number of aromatic nitrogens is 6. The lowest BCUT2D eigenvalue weighted by atomic mass is 10.1. The number of H-pyrrole nitrogens is 1. The van der Waals surface area contributed by atoms with Gasteiger partial charge in [0.15, 0.2) is 23.0 Å². The fraction of sp³-hybridized carbons (Fsp3) is 0.429. The lowest BCUT2D eigenvalue weighted by molar-refractivity contribution is -0.0528. The van der Waals surface area contributed by atoms with Gasteiger partial charge in [-0.1, -0.05) is 0 Å². The Labute approximate surface area is 144 Å². The number of rotatable bonds is 6. The second kappa shape index (κ2) is 6.44. The van der Waals surface area contributed by atoms with E-state index in [2.05, 4.69) is 35.3 Å². The minimum atomic E-state index is -2.96. The minimum absolute atomic E-state index is 0.00339. The summed E-state index contributed by atoms with van der Waals surface area (Å²) in [6.07, 6.45) is 3.22. The Kier molecular flexibility index (Phi) is 4.11. The van der Waals surface area contributed by atoms with Crippen LogP contribution in [0.5, 0.6) is 5.88 Å². The summed E-state index contributed by atoms with van der Waals surface area (Å²) in [5.74, 6) is 0.318. The summed E-state index contributed by atoms with van der Waals surface area (Å²) in [5.41, 5.74) is -0.603. The highest BCUT2D eigenvalue weighted by Crippen LogP contribution is 2.26. The maximum absolute atomic E-state index is 14.6. The first kappa shape index (κ1) is 16.6. The van der Waals surface area contributed by atoms with E-state index < -0.39 is 12.3 Å². The fourth-order valence-corrected chi connectivity index (χ4v) is 2.66. The van der Waals surface area contributed by atoms with Crippen LogP contribution >= 0.6 is 0 Å². The molecule has 9 nitrogen and oxygen atoms in total. The Morgan fingerprint density at radius 3 is 3.04 bits per heavy atom. The SMILES string of the molecule is FC(F)Oc1cc(Nc2cnc3cnn(C[C@@]4(F)CCOC4)c3n2)n[nH]1. The van der Waals surface area contributed by atoms with E-state index in [9.17, 15) is 13.2 Å². The minimum Gasteiger partial charge on any atom is -0.417 e. The van der Waals surface area contributed by atoms with Gasteiger partial charge in [0.1, 0.15) is 5.52 Å². The number of halogens is 3. The Morgan fingerprint density at radius 1 is 1.38 bits per heavy atom. The predicted octanol–water partition coefficient (Wildman–Crippen LogP) is 2.02. The zero-order valence-corrected chi connectivity index (χ0v) is 13.3. The van der Waals surface area contributed by atoms with Crippen molar-refractivity contribution in [1.29, 1.82) is 0 Å². The molecule has 1 aliphatic rings. The molecule has 0 amide bonds. The topological polar surface area (TPSA) is 103 Å². The van der Waals surface area contributed by atoms with E-state index in [-0.39, 0.29) is 24.8 Å². The number of fused-ring (bicyclic) bond motifs is 1. The third kappa shape index (κ3) is 3.40. The van der Waals surface area contributed by atoms with Crippen LogP contribution in [0, 0.1) is 0 Å².